The fraction of sp³-hybridized carbons (Fsp3) is 0.689. The fourth-order valence-electron chi connectivity index (χ4n) is 9.64. The second kappa shape index (κ2) is 20.9. The average molecular weight is 897 g/mol. The van der Waals surface area contributed by atoms with E-state index in [2.05, 4.69) is 27.5 Å². The summed E-state index contributed by atoms with van der Waals surface area (Å²) in [7, 11) is 5.39. The van der Waals surface area contributed by atoms with E-state index in [1.807, 2.05) is 84.1 Å². The number of rotatable bonds is 13. The summed E-state index contributed by atoms with van der Waals surface area (Å²) >= 11 is 1.34. The van der Waals surface area contributed by atoms with Gasteiger partial charge in [-0.25, -0.2) is 4.79 Å². The number of hydrogen-bond donors (Lipinski definition) is 3. The maximum atomic E-state index is 14.8. The van der Waals surface area contributed by atoms with Crippen LogP contribution in [0.15, 0.2) is 42.2 Å². The van der Waals surface area contributed by atoms with Crippen molar-refractivity contribution in [3.8, 4) is 11.3 Å². The van der Waals surface area contributed by atoms with Crippen LogP contribution in [0.1, 0.15) is 84.9 Å². The minimum atomic E-state index is -1.27. The number of aryl methyl sites for hydroxylation is 1. The normalized spacial score (nSPS) is 33.7. The number of thiazole rings is 1. The molecule has 0 radical (unpaired) electrons. The molecule has 3 fully saturated rings. The van der Waals surface area contributed by atoms with Crippen molar-refractivity contribution < 1.29 is 43.2 Å². The summed E-state index contributed by atoms with van der Waals surface area (Å²) < 4.78 is 33.6. The highest BCUT2D eigenvalue weighted by Gasteiger charge is 2.58. The third-order valence-corrected chi connectivity index (χ3v) is 14.0. The summed E-state index contributed by atoms with van der Waals surface area (Å²) in [6.07, 6.45) is 1.50. The second-order valence-electron chi connectivity index (χ2n) is 18.3. The average Bonchev–Trinajstić information content (AvgIpc) is 4.00. The third kappa shape index (κ3) is 11.3. The topological polar surface area (TPSA) is 206 Å². The number of ether oxygens (including phenoxy) is 5. The van der Waals surface area contributed by atoms with Gasteiger partial charge in [-0.1, -0.05) is 31.2 Å². The molecule has 3 saturated heterocycles. The van der Waals surface area contributed by atoms with Crippen molar-refractivity contribution in [2.24, 2.45) is 11.8 Å². The maximum Gasteiger partial charge on any atom is 0.410 e. The Bertz CT molecular complexity index is 1990. The zero-order chi connectivity index (χ0) is 45.6. The molecule has 63 heavy (non-hydrogen) atoms. The number of aromatic nitrogens is 4. The smallest absolute Gasteiger partial charge is 0.410 e. The van der Waals surface area contributed by atoms with Crippen molar-refractivity contribution in [3.05, 3.63) is 47.0 Å². The van der Waals surface area contributed by atoms with Crippen LogP contribution in [-0.2, 0) is 46.2 Å². The number of likely N-dealkylation sites (N-methyl/N-ethyl adjacent to an activating group) is 1. The number of hydrogen-bond acceptors (Lipinski definition) is 16. The van der Waals surface area contributed by atoms with Crippen molar-refractivity contribution in [3.63, 3.8) is 0 Å². The molecule has 2 aromatic heterocycles. The molecule has 348 valence electrons. The molecular weight excluding hydrogens is 829 g/mol. The van der Waals surface area contributed by atoms with Gasteiger partial charge in [0.15, 0.2) is 11.9 Å². The summed E-state index contributed by atoms with van der Waals surface area (Å²) in [6.45, 7) is 13.1. The van der Waals surface area contributed by atoms with Crippen molar-refractivity contribution in [2.75, 3.05) is 40.0 Å². The summed E-state index contributed by atoms with van der Waals surface area (Å²) in [5.41, 5.74) is 7.56. The van der Waals surface area contributed by atoms with E-state index in [4.69, 9.17) is 29.4 Å². The molecule has 4 N–H and O–H groups in total. The number of nitrogens with zero attached hydrogens (tertiary/aromatic N) is 6. The van der Waals surface area contributed by atoms with Crippen molar-refractivity contribution >= 4 is 34.9 Å². The van der Waals surface area contributed by atoms with E-state index in [0.29, 0.717) is 57.4 Å². The van der Waals surface area contributed by atoms with E-state index in [-0.39, 0.29) is 36.9 Å². The molecule has 5 heterocycles. The molecule has 18 heteroatoms. The van der Waals surface area contributed by atoms with Gasteiger partial charge in [-0.15, -0.1) is 16.4 Å². The van der Waals surface area contributed by atoms with Crippen LogP contribution >= 0.6 is 11.3 Å². The molecule has 3 aliphatic heterocycles. The molecule has 2 unspecified atom stereocenters. The Hall–Kier alpha value is -4.04. The van der Waals surface area contributed by atoms with E-state index in [1.165, 1.54) is 11.3 Å². The Morgan fingerprint density at radius 1 is 1.13 bits per heavy atom. The first-order valence-electron chi connectivity index (χ1n) is 22.3. The first-order valence-corrected chi connectivity index (χ1v) is 23.1. The molecule has 0 saturated carbocycles. The predicted octanol–water partition coefficient (Wildman–Crippen LogP) is 4.72. The van der Waals surface area contributed by atoms with E-state index in [0.717, 1.165) is 16.1 Å². The van der Waals surface area contributed by atoms with Gasteiger partial charge in [-0.05, 0) is 98.5 Å². The Morgan fingerprint density at radius 2 is 1.89 bits per heavy atom. The Morgan fingerprint density at radius 3 is 2.57 bits per heavy atom. The molecular formula is C45H68N8O9S. The van der Waals surface area contributed by atoms with Crippen LogP contribution in [0, 0.1) is 11.8 Å². The number of Topliss-reactive ketones (excluding diaryl/α,β-unsaturated/α-hetero) is 1. The highest BCUT2D eigenvalue weighted by atomic mass is 32.1. The van der Waals surface area contributed by atoms with Crippen LogP contribution in [-0.4, -0.2) is 147 Å². The number of ketones is 1. The Labute approximate surface area is 375 Å². The third-order valence-electron chi connectivity index (χ3n) is 13.2. The quantitative estimate of drug-likeness (QED) is 0.0920. The number of anilines is 1. The highest BCUT2D eigenvalue weighted by molar-refractivity contribution is 7.09. The Balaban J connectivity index is 1.27. The lowest BCUT2D eigenvalue weighted by atomic mass is 9.83. The van der Waals surface area contributed by atoms with Gasteiger partial charge < -0.3 is 44.7 Å². The standard InChI is InChI=1S/C45H68N8O9S/c1-10-37-45(6)40(53(43(57)62-45)17-12-11-16-52-25-34(49-50-52)30-14-13-15-31(46)19-30)29(4)48-23-27(2)22-44(5,58-9)38(61-42-39(55)35(51(7)8)18-28(3)59-42)21-36(54)33(41(56)60-37)20-32-24-47-26-63-32/h13-15,19,24-29,33,35,37-40,42,48,55H,10-12,16-18,20-23,46H2,1-9H3/t27-,28-,29-,33-,35?,37-,38-,39?,40-,42+,44-,45-/m1/s1. The number of nitrogens with one attached hydrogen (secondary N) is 1. The molecule has 17 nitrogen and oxygen atoms in total. The lowest BCUT2D eigenvalue weighted by Crippen LogP contribution is -2.61. The number of nitrogens with two attached hydrogens (primary N) is 1. The number of cyclic esters (lactones) is 1. The number of aliphatic hydroxyl groups excluding tert-OH is 1. The Kier molecular flexibility index (Phi) is 16.0. The van der Waals surface area contributed by atoms with Crippen LogP contribution in [0.4, 0.5) is 10.5 Å². The summed E-state index contributed by atoms with van der Waals surface area (Å²) in [4.78, 5) is 51.9. The van der Waals surface area contributed by atoms with Crippen LogP contribution in [0.2, 0.25) is 0 Å². The second-order valence-corrected chi connectivity index (χ2v) is 19.3. The number of esters is 1. The molecule has 0 bridgehead atoms. The van der Waals surface area contributed by atoms with Crippen molar-refractivity contribution in [1.29, 1.82) is 0 Å². The number of aliphatic hydroxyl groups is 1. The SMILES string of the molecule is CC[C@H]1OC(=O)[C@H](Cc2cncs2)C(=O)C[C@@H](O[C@@H]2O[C@H](C)CC(N(C)C)C2O)[C@](C)(OC)C[C@@H](C)CN[C@H](C)[C@H]2N(CCCCn3cc(-c4cccc(N)c4)nn3)C(=O)O[C@]12C. The van der Waals surface area contributed by atoms with E-state index in [1.54, 1.807) is 28.4 Å². The monoisotopic (exact) mass is 896 g/mol. The van der Waals surface area contributed by atoms with E-state index in [9.17, 15) is 19.5 Å². The van der Waals surface area contributed by atoms with Gasteiger partial charge >= 0.3 is 12.1 Å². The number of methoxy groups -OCH3 is 1. The van der Waals surface area contributed by atoms with Crippen LogP contribution in [0.25, 0.3) is 11.3 Å². The number of unbranched alkanes of at least 4 members (excludes halogenated alkanes) is 1. The van der Waals surface area contributed by atoms with Crippen molar-refractivity contribution in [2.45, 2.75) is 153 Å². The molecule has 1 amide bonds. The zero-order valence-corrected chi connectivity index (χ0v) is 39.1. The highest BCUT2D eigenvalue weighted by Crippen LogP contribution is 2.40. The summed E-state index contributed by atoms with van der Waals surface area (Å²) in [5, 5.41) is 23.9. The van der Waals surface area contributed by atoms with Crippen LogP contribution < -0.4 is 11.1 Å². The summed E-state index contributed by atoms with van der Waals surface area (Å²) in [5.74, 6) is -2.40. The van der Waals surface area contributed by atoms with E-state index < -0.39 is 65.6 Å². The first-order chi connectivity index (χ1) is 30.0. The minimum absolute atomic E-state index is 0.0279. The number of carbonyl (C=O) groups excluding carboxylic acids is 3. The van der Waals surface area contributed by atoms with Gasteiger partial charge in [0.1, 0.15) is 29.6 Å². The fourth-order valence-corrected chi connectivity index (χ4v) is 10.3. The molecule has 3 aliphatic rings. The lowest BCUT2D eigenvalue weighted by molar-refractivity contribution is -0.289. The number of nitrogen functional groups attached to an aromatic ring is 1. The molecule has 0 aliphatic carbocycles. The molecule has 1 aromatic carbocycles. The summed E-state index contributed by atoms with van der Waals surface area (Å²) in [6, 6.07) is 6.39. The van der Waals surface area contributed by atoms with Crippen LogP contribution in [0.3, 0.4) is 0 Å². The maximum absolute atomic E-state index is 14.8. The van der Waals surface area contributed by atoms with Gasteiger partial charge in [0.25, 0.3) is 0 Å². The van der Waals surface area contributed by atoms with Crippen LogP contribution in [0.5, 0.6) is 0 Å². The molecule has 6 rings (SSSR count). The number of fused-ring (bicyclic) bond motifs is 1. The number of benzene rings is 1. The molecule has 3 aromatic rings. The molecule has 12 atom stereocenters. The molecule has 0 spiro atoms. The van der Waals surface area contributed by atoms with Gasteiger partial charge in [-0.3, -0.25) is 24.2 Å². The van der Waals surface area contributed by atoms with Gasteiger partial charge in [-0.2, -0.15) is 0 Å². The van der Waals surface area contributed by atoms with Gasteiger partial charge in [0.2, 0.25) is 0 Å². The largest absolute Gasteiger partial charge is 0.457 e. The number of amides is 1. The predicted molar refractivity (Wildman–Crippen MR) is 238 cm³/mol. The first kappa shape index (κ1) is 48.4. The minimum Gasteiger partial charge on any atom is -0.457 e. The zero-order valence-electron chi connectivity index (χ0n) is 38.3. The van der Waals surface area contributed by atoms with Crippen molar-refractivity contribution in [1.82, 2.24) is 35.1 Å². The van der Waals surface area contributed by atoms with Gasteiger partial charge in [0.05, 0.1) is 35.6 Å². The van der Waals surface area contributed by atoms with Gasteiger partial charge in [0, 0.05) is 67.4 Å². The van der Waals surface area contributed by atoms with E-state index >= 15 is 0 Å². The number of carbonyl (C=O) groups is 3. The lowest BCUT2D eigenvalue weighted by Gasteiger charge is -2.45.